The van der Waals surface area contributed by atoms with E-state index < -0.39 is 0 Å². The first-order chi connectivity index (χ1) is 4.72. The summed E-state index contributed by atoms with van der Waals surface area (Å²) in [6.45, 7) is 2.65. The summed E-state index contributed by atoms with van der Waals surface area (Å²) >= 11 is 1.64. The Labute approximate surface area is 64.7 Å². The predicted octanol–water partition coefficient (Wildman–Crippen LogP) is -0.435. The molecule has 4 heteroatoms. The minimum Gasteiger partial charge on any atom is -0.322 e. The summed E-state index contributed by atoms with van der Waals surface area (Å²) in [6.07, 6.45) is 0. The number of hydrogen-bond acceptors (Lipinski definition) is 4. The van der Waals surface area contributed by atoms with Crippen molar-refractivity contribution >= 4 is 17.5 Å². The third kappa shape index (κ3) is 1.71. The molecule has 2 atom stereocenters. The number of hydrogen-bond donors (Lipinski definition) is 2. The molecule has 0 aromatic carbocycles. The van der Waals surface area contributed by atoms with Crippen LogP contribution in [-0.4, -0.2) is 29.5 Å². The van der Waals surface area contributed by atoms with Gasteiger partial charge in [0.2, 0.25) is 0 Å². The van der Waals surface area contributed by atoms with Crippen LogP contribution in [0.15, 0.2) is 0 Å². The van der Waals surface area contributed by atoms with Gasteiger partial charge in [0.05, 0.1) is 6.04 Å². The Kier molecular flexibility index (Phi) is 2.71. The van der Waals surface area contributed by atoms with Crippen LogP contribution in [0.4, 0.5) is 0 Å². The lowest BCUT2D eigenvalue weighted by molar-refractivity contribution is -0.119. The molecule has 10 heavy (non-hydrogen) atoms. The SMILES string of the molecule is C[C@H](N)C(=O)C1NCCS1. The highest BCUT2D eigenvalue weighted by Crippen LogP contribution is 2.14. The molecule has 58 valence electrons. The highest BCUT2D eigenvalue weighted by atomic mass is 32.2. The van der Waals surface area contributed by atoms with E-state index in [1.54, 1.807) is 18.7 Å². The minimum atomic E-state index is -0.330. The maximum absolute atomic E-state index is 11.1. The number of Topliss-reactive ketones (excluding diaryl/α,β-unsaturated/α-hetero) is 1. The number of rotatable bonds is 2. The Hall–Kier alpha value is -0.0600. The maximum atomic E-state index is 11.1. The Morgan fingerprint density at radius 2 is 2.60 bits per heavy atom. The Morgan fingerprint density at radius 3 is 3.00 bits per heavy atom. The van der Waals surface area contributed by atoms with E-state index in [4.69, 9.17) is 5.73 Å². The highest BCUT2D eigenvalue weighted by molar-refractivity contribution is 8.00. The van der Waals surface area contributed by atoms with E-state index in [9.17, 15) is 4.79 Å². The zero-order valence-corrected chi connectivity index (χ0v) is 6.78. The molecular formula is C6H12N2OS. The van der Waals surface area contributed by atoms with Gasteiger partial charge in [0, 0.05) is 12.3 Å². The van der Waals surface area contributed by atoms with Gasteiger partial charge in [0.25, 0.3) is 0 Å². The van der Waals surface area contributed by atoms with Gasteiger partial charge in [-0.05, 0) is 6.92 Å². The van der Waals surface area contributed by atoms with Crippen molar-refractivity contribution in [2.45, 2.75) is 18.3 Å². The molecule has 1 fully saturated rings. The Balaban J connectivity index is 2.40. The molecule has 0 spiro atoms. The molecule has 1 unspecified atom stereocenters. The molecule has 0 aromatic rings. The molecule has 3 N–H and O–H groups in total. The first-order valence-corrected chi connectivity index (χ1v) is 4.41. The van der Waals surface area contributed by atoms with Gasteiger partial charge in [0.15, 0.2) is 5.78 Å². The second kappa shape index (κ2) is 3.37. The zero-order valence-electron chi connectivity index (χ0n) is 5.96. The molecule has 0 aromatic heterocycles. The van der Waals surface area contributed by atoms with Crippen LogP contribution in [0.5, 0.6) is 0 Å². The summed E-state index contributed by atoms with van der Waals surface area (Å²) in [5, 5.41) is 3.03. The van der Waals surface area contributed by atoms with Crippen LogP contribution in [0.2, 0.25) is 0 Å². The lowest BCUT2D eigenvalue weighted by Gasteiger charge is -2.09. The summed E-state index contributed by atoms with van der Waals surface area (Å²) in [4.78, 5) is 11.1. The standard InChI is InChI=1S/C6H12N2OS/c1-4(7)5(9)6-8-2-3-10-6/h4,6,8H,2-3,7H2,1H3/t4-,6?/m0/s1. The summed E-state index contributed by atoms with van der Waals surface area (Å²) in [5.74, 6) is 1.13. The molecular weight excluding hydrogens is 148 g/mol. The van der Waals surface area contributed by atoms with Crippen LogP contribution < -0.4 is 11.1 Å². The van der Waals surface area contributed by atoms with Crippen LogP contribution in [0.3, 0.4) is 0 Å². The second-order valence-corrected chi connectivity index (χ2v) is 3.61. The average Bonchev–Trinajstić information content (AvgIpc) is 2.36. The van der Waals surface area contributed by atoms with Crippen LogP contribution in [-0.2, 0) is 4.79 Å². The van der Waals surface area contributed by atoms with Crippen LogP contribution in [0, 0.1) is 0 Å². The van der Waals surface area contributed by atoms with Crippen LogP contribution in [0.1, 0.15) is 6.92 Å². The Bertz CT molecular complexity index is 132. The van der Waals surface area contributed by atoms with E-state index in [-0.39, 0.29) is 17.2 Å². The van der Waals surface area contributed by atoms with Crippen molar-refractivity contribution in [1.29, 1.82) is 0 Å². The molecule has 1 rings (SSSR count). The third-order valence-electron chi connectivity index (χ3n) is 1.42. The first kappa shape index (κ1) is 8.04. The fourth-order valence-electron chi connectivity index (χ4n) is 0.847. The van der Waals surface area contributed by atoms with Gasteiger partial charge in [-0.1, -0.05) is 0 Å². The molecule has 1 aliphatic heterocycles. The molecule has 0 bridgehead atoms. The zero-order chi connectivity index (χ0) is 7.56. The number of ketones is 1. The molecule has 1 aliphatic rings. The van der Waals surface area contributed by atoms with Crippen molar-refractivity contribution in [3.05, 3.63) is 0 Å². The summed E-state index contributed by atoms with van der Waals surface area (Å²) in [5.41, 5.74) is 5.41. The molecule has 1 heterocycles. The summed E-state index contributed by atoms with van der Waals surface area (Å²) in [6, 6.07) is -0.330. The summed E-state index contributed by atoms with van der Waals surface area (Å²) < 4.78 is 0. The van der Waals surface area contributed by atoms with Crippen molar-refractivity contribution in [1.82, 2.24) is 5.32 Å². The first-order valence-electron chi connectivity index (χ1n) is 3.36. The summed E-state index contributed by atoms with van der Waals surface area (Å²) in [7, 11) is 0. The fraction of sp³-hybridized carbons (Fsp3) is 0.833. The quantitative estimate of drug-likeness (QED) is 0.575. The van der Waals surface area contributed by atoms with Gasteiger partial charge < -0.3 is 5.73 Å². The van der Waals surface area contributed by atoms with Crippen molar-refractivity contribution in [3.8, 4) is 0 Å². The van der Waals surface area contributed by atoms with Crippen molar-refractivity contribution < 1.29 is 4.79 Å². The average molecular weight is 160 g/mol. The van der Waals surface area contributed by atoms with Gasteiger partial charge in [-0.2, -0.15) is 0 Å². The lowest BCUT2D eigenvalue weighted by Crippen LogP contribution is -2.39. The van der Waals surface area contributed by atoms with Gasteiger partial charge in [-0.25, -0.2) is 0 Å². The van der Waals surface area contributed by atoms with Gasteiger partial charge in [0.1, 0.15) is 5.37 Å². The van der Waals surface area contributed by atoms with Crippen LogP contribution in [0.25, 0.3) is 0 Å². The fourth-order valence-corrected chi connectivity index (χ4v) is 1.93. The maximum Gasteiger partial charge on any atom is 0.176 e. The molecule has 0 aliphatic carbocycles. The smallest absolute Gasteiger partial charge is 0.176 e. The van der Waals surface area contributed by atoms with E-state index in [0.29, 0.717) is 0 Å². The second-order valence-electron chi connectivity index (χ2n) is 2.40. The highest BCUT2D eigenvalue weighted by Gasteiger charge is 2.24. The predicted molar refractivity (Wildman–Crippen MR) is 42.9 cm³/mol. The molecule has 0 saturated carbocycles. The topological polar surface area (TPSA) is 55.1 Å². The molecule has 0 radical (unpaired) electrons. The van der Waals surface area contributed by atoms with E-state index >= 15 is 0 Å². The van der Waals surface area contributed by atoms with Crippen molar-refractivity contribution in [2.75, 3.05) is 12.3 Å². The number of carbonyl (C=O) groups excluding carboxylic acids is 1. The number of nitrogens with one attached hydrogen (secondary N) is 1. The van der Waals surface area contributed by atoms with E-state index in [0.717, 1.165) is 12.3 Å². The van der Waals surface area contributed by atoms with Gasteiger partial charge >= 0.3 is 0 Å². The third-order valence-corrected chi connectivity index (χ3v) is 2.60. The van der Waals surface area contributed by atoms with Crippen molar-refractivity contribution in [2.24, 2.45) is 5.73 Å². The largest absolute Gasteiger partial charge is 0.322 e. The molecule has 0 amide bonds. The molecule has 3 nitrogen and oxygen atoms in total. The monoisotopic (exact) mass is 160 g/mol. The minimum absolute atomic E-state index is 0.0417. The normalized spacial score (nSPS) is 28.4. The lowest BCUT2D eigenvalue weighted by atomic mass is 10.2. The van der Waals surface area contributed by atoms with Gasteiger partial charge in [-0.15, -0.1) is 11.8 Å². The van der Waals surface area contributed by atoms with Gasteiger partial charge in [-0.3, -0.25) is 10.1 Å². The Morgan fingerprint density at radius 1 is 1.90 bits per heavy atom. The van der Waals surface area contributed by atoms with Crippen molar-refractivity contribution in [3.63, 3.8) is 0 Å². The van der Waals surface area contributed by atoms with E-state index in [1.807, 2.05) is 0 Å². The van der Waals surface area contributed by atoms with E-state index in [2.05, 4.69) is 5.32 Å². The number of thioether (sulfide) groups is 1. The number of nitrogens with two attached hydrogens (primary N) is 1. The number of carbonyl (C=O) groups is 1. The van der Waals surface area contributed by atoms with Crippen LogP contribution >= 0.6 is 11.8 Å². The molecule has 1 saturated heterocycles. The van der Waals surface area contributed by atoms with E-state index in [1.165, 1.54) is 0 Å².